The number of rotatable bonds is 4. The molecule has 3 nitrogen and oxygen atoms in total. The third kappa shape index (κ3) is 2.61. The fraction of sp³-hybridized carbons (Fsp3) is 0.308. The molecule has 0 saturated heterocycles. The number of hydrogen-bond donors (Lipinski definition) is 1. The van der Waals surface area contributed by atoms with Crippen LogP contribution in [-0.4, -0.2) is 12.1 Å². The Labute approximate surface area is 110 Å². The molecule has 0 aliphatic rings. The molecule has 2 aromatic rings. The van der Waals surface area contributed by atoms with E-state index in [0.29, 0.717) is 0 Å². The molecule has 0 radical (unpaired) electrons. The molecule has 1 unspecified atom stereocenters. The molecule has 0 amide bonds. The summed E-state index contributed by atoms with van der Waals surface area (Å²) in [7, 11) is 1.45. The van der Waals surface area contributed by atoms with Crippen LogP contribution in [0.15, 0.2) is 23.7 Å². The summed E-state index contributed by atoms with van der Waals surface area (Å²) in [5.74, 6) is -0.113. The molecule has 0 fully saturated rings. The third-order valence-corrected chi connectivity index (χ3v) is 3.82. The highest BCUT2D eigenvalue weighted by atomic mass is 32.1. The standard InChI is InChI=1S/C13H15FN2OS/c1-8-13(18-7-15-8)9(2)16-10-4-5-12(17-3)11(14)6-10/h4-7,9,16H,1-3H3. The van der Waals surface area contributed by atoms with Crippen molar-refractivity contribution >= 4 is 17.0 Å². The minimum absolute atomic E-state index is 0.102. The number of methoxy groups -OCH3 is 1. The molecule has 96 valence electrons. The lowest BCUT2D eigenvalue weighted by Gasteiger charge is -2.15. The summed E-state index contributed by atoms with van der Waals surface area (Å²) in [6.45, 7) is 4.00. The zero-order chi connectivity index (χ0) is 13.1. The second kappa shape index (κ2) is 5.35. The van der Waals surface area contributed by atoms with Crippen LogP contribution in [0.4, 0.5) is 10.1 Å². The van der Waals surface area contributed by atoms with Gasteiger partial charge in [0.25, 0.3) is 0 Å². The number of halogens is 1. The summed E-state index contributed by atoms with van der Waals surface area (Å²) in [6.07, 6.45) is 0. The van der Waals surface area contributed by atoms with Crippen LogP contribution < -0.4 is 10.1 Å². The third-order valence-electron chi connectivity index (χ3n) is 2.71. The Hall–Kier alpha value is -1.62. The summed E-state index contributed by atoms with van der Waals surface area (Å²) < 4.78 is 18.4. The number of anilines is 1. The van der Waals surface area contributed by atoms with Gasteiger partial charge in [-0.1, -0.05) is 0 Å². The molecule has 0 aliphatic carbocycles. The highest BCUT2D eigenvalue weighted by molar-refractivity contribution is 7.09. The summed E-state index contributed by atoms with van der Waals surface area (Å²) in [4.78, 5) is 5.37. The van der Waals surface area contributed by atoms with Crippen molar-refractivity contribution in [3.63, 3.8) is 0 Å². The van der Waals surface area contributed by atoms with Gasteiger partial charge in [-0.15, -0.1) is 11.3 Å². The maximum Gasteiger partial charge on any atom is 0.167 e. The molecule has 18 heavy (non-hydrogen) atoms. The average Bonchev–Trinajstić information content (AvgIpc) is 2.76. The first-order chi connectivity index (χ1) is 8.61. The number of aromatic nitrogens is 1. The van der Waals surface area contributed by atoms with Crippen molar-refractivity contribution in [3.8, 4) is 5.75 Å². The molecule has 1 N–H and O–H groups in total. The fourth-order valence-corrected chi connectivity index (χ4v) is 2.61. The number of nitrogens with one attached hydrogen (secondary N) is 1. The summed E-state index contributed by atoms with van der Waals surface area (Å²) in [5.41, 5.74) is 3.56. The van der Waals surface area contributed by atoms with Crippen LogP contribution in [0, 0.1) is 12.7 Å². The lowest BCUT2D eigenvalue weighted by atomic mass is 10.2. The van der Waals surface area contributed by atoms with Gasteiger partial charge in [-0.05, 0) is 26.0 Å². The first-order valence-corrected chi connectivity index (χ1v) is 6.50. The summed E-state index contributed by atoms with van der Waals surface area (Å²) in [6, 6.07) is 4.95. The maximum atomic E-state index is 13.5. The molecule has 5 heteroatoms. The van der Waals surface area contributed by atoms with Crippen molar-refractivity contribution in [1.82, 2.24) is 4.98 Å². The number of thiazole rings is 1. The Kier molecular flexibility index (Phi) is 3.81. The van der Waals surface area contributed by atoms with Crippen LogP contribution in [0.2, 0.25) is 0 Å². The van der Waals surface area contributed by atoms with E-state index in [0.717, 1.165) is 16.3 Å². The van der Waals surface area contributed by atoms with Gasteiger partial charge in [-0.2, -0.15) is 0 Å². The fourth-order valence-electron chi connectivity index (χ4n) is 1.80. The summed E-state index contributed by atoms with van der Waals surface area (Å²) in [5, 5.41) is 3.25. The molecule has 0 bridgehead atoms. The van der Waals surface area contributed by atoms with Crippen molar-refractivity contribution in [2.24, 2.45) is 0 Å². The first-order valence-electron chi connectivity index (χ1n) is 5.62. The lowest BCUT2D eigenvalue weighted by Crippen LogP contribution is -2.06. The zero-order valence-corrected chi connectivity index (χ0v) is 11.3. The van der Waals surface area contributed by atoms with Crippen molar-refractivity contribution in [3.05, 3.63) is 40.1 Å². The second-order valence-electron chi connectivity index (χ2n) is 4.02. The molecule has 1 heterocycles. The van der Waals surface area contributed by atoms with E-state index < -0.39 is 0 Å². The predicted molar refractivity (Wildman–Crippen MR) is 71.8 cm³/mol. The Morgan fingerprint density at radius 3 is 2.78 bits per heavy atom. The van der Waals surface area contributed by atoms with Crippen molar-refractivity contribution in [2.45, 2.75) is 19.9 Å². The van der Waals surface area contributed by atoms with Gasteiger partial charge in [0, 0.05) is 16.6 Å². The molecule has 1 aromatic heterocycles. The van der Waals surface area contributed by atoms with Crippen molar-refractivity contribution < 1.29 is 9.13 Å². The lowest BCUT2D eigenvalue weighted by molar-refractivity contribution is 0.386. The van der Waals surface area contributed by atoms with Gasteiger partial charge in [0.05, 0.1) is 24.4 Å². The van der Waals surface area contributed by atoms with E-state index in [4.69, 9.17) is 4.74 Å². The van der Waals surface area contributed by atoms with Crippen LogP contribution in [0.1, 0.15) is 23.5 Å². The molecule has 2 rings (SSSR count). The minimum atomic E-state index is -0.365. The van der Waals surface area contributed by atoms with Crippen LogP contribution in [0.5, 0.6) is 5.75 Å². The normalized spacial score (nSPS) is 12.2. The smallest absolute Gasteiger partial charge is 0.167 e. The van der Waals surface area contributed by atoms with E-state index in [1.165, 1.54) is 13.2 Å². The van der Waals surface area contributed by atoms with Crippen LogP contribution in [0.3, 0.4) is 0 Å². The Morgan fingerprint density at radius 1 is 1.44 bits per heavy atom. The van der Waals surface area contributed by atoms with Gasteiger partial charge in [0.2, 0.25) is 0 Å². The van der Waals surface area contributed by atoms with E-state index >= 15 is 0 Å². The number of benzene rings is 1. The van der Waals surface area contributed by atoms with Gasteiger partial charge >= 0.3 is 0 Å². The molecule has 1 atom stereocenters. The minimum Gasteiger partial charge on any atom is -0.494 e. The van der Waals surface area contributed by atoms with E-state index in [9.17, 15) is 4.39 Å². The Balaban J connectivity index is 2.15. The summed E-state index contributed by atoms with van der Waals surface area (Å²) >= 11 is 1.60. The Morgan fingerprint density at radius 2 is 2.22 bits per heavy atom. The molecule has 0 saturated carbocycles. The average molecular weight is 266 g/mol. The van der Waals surface area contributed by atoms with Crippen LogP contribution >= 0.6 is 11.3 Å². The number of hydrogen-bond acceptors (Lipinski definition) is 4. The highest BCUT2D eigenvalue weighted by Crippen LogP contribution is 2.27. The maximum absolute atomic E-state index is 13.5. The monoisotopic (exact) mass is 266 g/mol. The van der Waals surface area contributed by atoms with Gasteiger partial charge in [0.15, 0.2) is 11.6 Å². The molecular weight excluding hydrogens is 251 g/mol. The van der Waals surface area contributed by atoms with Crippen LogP contribution in [0.25, 0.3) is 0 Å². The van der Waals surface area contributed by atoms with Crippen molar-refractivity contribution in [2.75, 3.05) is 12.4 Å². The van der Waals surface area contributed by atoms with E-state index in [1.54, 1.807) is 23.5 Å². The van der Waals surface area contributed by atoms with E-state index in [2.05, 4.69) is 10.3 Å². The van der Waals surface area contributed by atoms with E-state index in [-0.39, 0.29) is 17.6 Å². The van der Waals surface area contributed by atoms with Gasteiger partial charge < -0.3 is 10.1 Å². The topological polar surface area (TPSA) is 34.1 Å². The van der Waals surface area contributed by atoms with Gasteiger partial charge in [-0.25, -0.2) is 9.37 Å². The molecule has 1 aromatic carbocycles. The van der Waals surface area contributed by atoms with Crippen LogP contribution in [-0.2, 0) is 0 Å². The zero-order valence-electron chi connectivity index (χ0n) is 10.5. The van der Waals surface area contributed by atoms with Gasteiger partial charge in [0.1, 0.15) is 0 Å². The van der Waals surface area contributed by atoms with Gasteiger partial charge in [-0.3, -0.25) is 0 Å². The van der Waals surface area contributed by atoms with Crippen molar-refractivity contribution in [1.29, 1.82) is 0 Å². The highest BCUT2D eigenvalue weighted by Gasteiger charge is 2.12. The Bertz CT molecular complexity index is 542. The number of ether oxygens (including phenoxy) is 1. The number of nitrogens with zero attached hydrogens (tertiary/aromatic N) is 1. The first kappa shape index (κ1) is 12.8. The SMILES string of the molecule is COc1ccc(NC(C)c2scnc2C)cc1F. The number of aryl methyl sites for hydroxylation is 1. The molecule has 0 spiro atoms. The quantitative estimate of drug-likeness (QED) is 0.914. The molecular formula is C13H15FN2OS. The molecule has 0 aliphatic heterocycles. The largest absolute Gasteiger partial charge is 0.494 e. The predicted octanol–water partition coefficient (Wildman–Crippen LogP) is 3.77. The second-order valence-corrected chi connectivity index (χ2v) is 4.90. The van der Waals surface area contributed by atoms with E-state index in [1.807, 2.05) is 19.4 Å².